The topological polar surface area (TPSA) is 83.6 Å². The first-order valence-electron chi connectivity index (χ1n) is 7.10. The number of amides is 1. The number of carbonyl (C=O) groups is 2. The van der Waals surface area contributed by atoms with Crippen LogP contribution in [0.5, 0.6) is 0 Å². The summed E-state index contributed by atoms with van der Waals surface area (Å²) in [6.45, 7) is 1.59. The van der Waals surface area contributed by atoms with Gasteiger partial charge in [0.1, 0.15) is 11.8 Å². The standard InChI is InChI=1S/C14H24N2O3/c1-9(17)12(13(15)19)16(2)10-3-6-14(7-4-10)8-5-11(14)18/h9-10,12,17H,3-8H2,1-2H3,(H2,15,19)/t9-,10?,12+,14?/m1/s1. The number of hydrogen-bond donors (Lipinski definition) is 2. The van der Waals surface area contributed by atoms with E-state index in [-0.39, 0.29) is 11.5 Å². The first kappa shape index (κ1) is 14.5. The highest BCUT2D eigenvalue weighted by molar-refractivity contribution is 5.90. The van der Waals surface area contributed by atoms with Gasteiger partial charge in [-0.05, 0) is 46.1 Å². The molecule has 0 unspecified atom stereocenters. The van der Waals surface area contributed by atoms with Crippen LogP contribution >= 0.6 is 0 Å². The SMILES string of the molecule is C[C@@H](O)[C@@H](C(N)=O)N(C)C1CCC2(CCC2=O)CC1. The fraction of sp³-hybridized carbons (Fsp3) is 0.857. The second kappa shape index (κ2) is 5.21. The summed E-state index contributed by atoms with van der Waals surface area (Å²) < 4.78 is 0. The van der Waals surface area contributed by atoms with Crippen LogP contribution in [-0.4, -0.2) is 46.9 Å². The number of hydrogen-bond acceptors (Lipinski definition) is 4. The fourth-order valence-electron chi connectivity index (χ4n) is 3.68. The molecule has 0 bridgehead atoms. The fourth-order valence-corrected chi connectivity index (χ4v) is 3.68. The lowest BCUT2D eigenvalue weighted by Gasteiger charge is -2.47. The monoisotopic (exact) mass is 268 g/mol. The Morgan fingerprint density at radius 1 is 1.42 bits per heavy atom. The molecule has 2 aliphatic rings. The van der Waals surface area contributed by atoms with Gasteiger partial charge in [0.2, 0.25) is 5.91 Å². The van der Waals surface area contributed by atoms with E-state index in [2.05, 4.69) is 0 Å². The average molecular weight is 268 g/mol. The highest BCUT2D eigenvalue weighted by atomic mass is 16.3. The van der Waals surface area contributed by atoms with Crippen molar-refractivity contribution in [1.29, 1.82) is 0 Å². The zero-order valence-corrected chi connectivity index (χ0v) is 11.8. The largest absolute Gasteiger partial charge is 0.391 e. The van der Waals surface area contributed by atoms with Crippen molar-refractivity contribution < 1.29 is 14.7 Å². The molecule has 2 saturated carbocycles. The molecule has 0 aromatic carbocycles. The summed E-state index contributed by atoms with van der Waals surface area (Å²) in [4.78, 5) is 25.0. The number of aliphatic hydroxyl groups excluding tert-OH is 1. The Hall–Kier alpha value is -0.940. The molecule has 19 heavy (non-hydrogen) atoms. The van der Waals surface area contributed by atoms with Crippen molar-refractivity contribution in [2.75, 3.05) is 7.05 Å². The molecular weight excluding hydrogens is 244 g/mol. The lowest BCUT2D eigenvalue weighted by atomic mass is 9.59. The molecule has 1 amide bonds. The van der Waals surface area contributed by atoms with Crippen LogP contribution in [0.3, 0.4) is 0 Å². The number of ketones is 1. The van der Waals surface area contributed by atoms with Crippen molar-refractivity contribution in [3.8, 4) is 0 Å². The van der Waals surface area contributed by atoms with Gasteiger partial charge in [-0.3, -0.25) is 14.5 Å². The number of aliphatic hydroxyl groups is 1. The summed E-state index contributed by atoms with van der Waals surface area (Å²) in [5.74, 6) is -0.0758. The molecule has 0 aliphatic heterocycles. The van der Waals surface area contributed by atoms with Gasteiger partial charge in [0, 0.05) is 17.9 Å². The van der Waals surface area contributed by atoms with E-state index >= 15 is 0 Å². The highest BCUT2D eigenvalue weighted by Crippen LogP contribution is 2.49. The van der Waals surface area contributed by atoms with Crippen molar-refractivity contribution in [3.05, 3.63) is 0 Å². The Kier molecular flexibility index (Phi) is 3.97. The Balaban J connectivity index is 1.96. The minimum absolute atomic E-state index is 0.0512. The Morgan fingerprint density at radius 3 is 2.32 bits per heavy atom. The van der Waals surface area contributed by atoms with Gasteiger partial charge in [-0.2, -0.15) is 0 Å². The lowest BCUT2D eigenvalue weighted by molar-refractivity contribution is -0.143. The Bertz CT molecular complexity index is 373. The molecule has 1 spiro atoms. The highest BCUT2D eigenvalue weighted by Gasteiger charge is 2.48. The van der Waals surface area contributed by atoms with E-state index < -0.39 is 18.1 Å². The zero-order valence-electron chi connectivity index (χ0n) is 11.8. The second-order valence-corrected chi connectivity index (χ2v) is 6.19. The van der Waals surface area contributed by atoms with Crippen LogP contribution in [0.4, 0.5) is 0 Å². The molecule has 0 radical (unpaired) electrons. The summed E-state index contributed by atoms with van der Waals surface area (Å²) in [6, 6.07) is -0.415. The number of nitrogens with zero attached hydrogens (tertiary/aromatic N) is 1. The van der Waals surface area contributed by atoms with E-state index in [9.17, 15) is 14.7 Å². The van der Waals surface area contributed by atoms with E-state index in [1.807, 2.05) is 11.9 Å². The first-order chi connectivity index (χ1) is 8.87. The van der Waals surface area contributed by atoms with Crippen molar-refractivity contribution >= 4 is 11.7 Å². The summed E-state index contributed by atoms with van der Waals surface area (Å²) in [7, 11) is 1.84. The number of likely N-dealkylation sites (N-methyl/N-ethyl adjacent to an activating group) is 1. The third-order valence-electron chi connectivity index (χ3n) is 5.10. The number of nitrogens with two attached hydrogens (primary N) is 1. The van der Waals surface area contributed by atoms with Crippen LogP contribution in [0.2, 0.25) is 0 Å². The minimum atomic E-state index is -0.774. The van der Waals surface area contributed by atoms with Crippen LogP contribution in [0.1, 0.15) is 45.4 Å². The van der Waals surface area contributed by atoms with Crippen molar-refractivity contribution in [2.45, 2.75) is 63.6 Å². The predicted octanol–water partition coefficient (Wildman–Crippen LogP) is 0.445. The van der Waals surface area contributed by atoms with Gasteiger partial charge in [-0.25, -0.2) is 0 Å². The molecule has 0 aromatic rings. The number of Topliss-reactive ketones (excluding diaryl/α,β-unsaturated/α-hetero) is 1. The molecule has 108 valence electrons. The van der Waals surface area contributed by atoms with E-state index in [1.54, 1.807) is 6.92 Å². The molecule has 2 fully saturated rings. The Morgan fingerprint density at radius 2 is 2.00 bits per heavy atom. The van der Waals surface area contributed by atoms with Crippen LogP contribution < -0.4 is 5.73 Å². The molecule has 5 heteroatoms. The van der Waals surface area contributed by atoms with E-state index in [1.165, 1.54) is 0 Å². The molecule has 2 rings (SSSR count). The van der Waals surface area contributed by atoms with Crippen LogP contribution in [0, 0.1) is 5.41 Å². The van der Waals surface area contributed by atoms with Crippen LogP contribution in [0.15, 0.2) is 0 Å². The van der Waals surface area contributed by atoms with Gasteiger partial charge in [0.15, 0.2) is 0 Å². The van der Waals surface area contributed by atoms with Crippen LogP contribution in [0.25, 0.3) is 0 Å². The quantitative estimate of drug-likeness (QED) is 0.775. The summed E-state index contributed by atoms with van der Waals surface area (Å²) in [5, 5.41) is 9.69. The van der Waals surface area contributed by atoms with Gasteiger partial charge < -0.3 is 10.8 Å². The molecular formula is C14H24N2O3. The molecule has 3 N–H and O–H groups in total. The first-order valence-corrected chi connectivity index (χ1v) is 7.10. The third kappa shape index (κ3) is 2.54. The molecule has 2 aliphatic carbocycles. The van der Waals surface area contributed by atoms with E-state index in [0.717, 1.165) is 38.5 Å². The molecule has 2 atom stereocenters. The lowest BCUT2D eigenvalue weighted by Crippen LogP contribution is -2.55. The zero-order chi connectivity index (χ0) is 14.2. The third-order valence-corrected chi connectivity index (χ3v) is 5.10. The maximum atomic E-state index is 11.7. The van der Waals surface area contributed by atoms with Gasteiger partial charge in [0.05, 0.1) is 6.10 Å². The van der Waals surface area contributed by atoms with Crippen molar-refractivity contribution in [3.63, 3.8) is 0 Å². The molecule has 0 aromatic heterocycles. The van der Waals surface area contributed by atoms with E-state index in [0.29, 0.717) is 5.78 Å². The Labute approximate surface area is 114 Å². The van der Waals surface area contributed by atoms with Crippen molar-refractivity contribution in [1.82, 2.24) is 4.90 Å². The normalized spacial score (nSPS) is 34.1. The number of rotatable bonds is 4. The summed E-state index contributed by atoms with van der Waals surface area (Å²) >= 11 is 0. The van der Waals surface area contributed by atoms with Gasteiger partial charge >= 0.3 is 0 Å². The van der Waals surface area contributed by atoms with Crippen LogP contribution in [-0.2, 0) is 9.59 Å². The van der Waals surface area contributed by atoms with Gasteiger partial charge in [-0.15, -0.1) is 0 Å². The summed E-state index contributed by atoms with van der Waals surface area (Å²) in [6.07, 6.45) is 4.61. The minimum Gasteiger partial charge on any atom is -0.391 e. The van der Waals surface area contributed by atoms with Crippen molar-refractivity contribution in [2.24, 2.45) is 11.1 Å². The number of carbonyl (C=O) groups excluding carboxylic acids is 2. The molecule has 5 nitrogen and oxygen atoms in total. The average Bonchev–Trinajstić information content (AvgIpc) is 2.36. The predicted molar refractivity (Wildman–Crippen MR) is 71.4 cm³/mol. The van der Waals surface area contributed by atoms with E-state index in [4.69, 9.17) is 5.73 Å². The second-order valence-electron chi connectivity index (χ2n) is 6.19. The molecule has 0 saturated heterocycles. The van der Waals surface area contributed by atoms with Gasteiger partial charge in [-0.1, -0.05) is 0 Å². The summed E-state index contributed by atoms with van der Waals surface area (Å²) in [5.41, 5.74) is 5.31. The smallest absolute Gasteiger partial charge is 0.237 e. The number of primary amides is 1. The maximum absolute atomic E-state index is 11.7. The maximum Gasteiger partial charge on any atom is 0.237 e. The molecule has 0 heterocycles. The van der Waals surface area contributed by atoms with Gasteiger partial charge in [0.25, 0.3) is 0 Å².